The number of carbonyl (C=O) groups excluding carboxylic acids is 1. The Morgan fingerprint density at radius 3 is 2.42 bits per heavy atom. The predicted molar refractivity (Wildman–Crippen MR) is 32.8 cm³/mol. The lowest BCUT2D eigenvalue weighted by molar-refractivity contribution is -0.169. The van der Waals surface area contributed by atoms with Crippen molar-refractivity contribution in [2.24, 2.45) is 0 Å². The van der Waals surface area contributed by atoms with Gasteiger partial charge in [-0.15, -0.1) is 6.42 Å². The molecule has 0 saturated heterocycles. The Morgan fingerprint density at radius 1 is 1.58 bits per heavy atom. The van der Waals surface area contributed by atoms with E-state index in [4.69, 9.17) is 0 Å². The van der Waals surface area contributed by atoms with E-state index in [9.17, 15) is 22.4 Å². The molecule has 0 radical (unpaired) electrons. The van der Waals surface area contributed by atoms with E-state index in [0.717, 1.165) is 0 Å². The molecule has 0 unspecified atom stereocenters. The number of hydrogen-bond acceptors (Lipinski definition) is 1. The highest BCUT2D eigenvalue weighted by Crippen LogP contribution is 2.22. The van der Waals surface area contributed by atoms with Gasteiger partial charge in [-0.05, 0) is 0 Å². The smallest absolute Gasteiger partial charge is 0.340 e. The van der Waals surface area contributed by atoms with Crippen molar-refractivity contribution in [1.82, 2.24) is 5.32 Å². The van der Waals surface area contributed by atoms with Gasteiger partial charge in [0.25, 0.3) is 5.91 Å². The molecule has 0 saturated carbocycles. The number of carbonyl (C=O) groups is 1. The molecule has 0 aromatic carbocycles. The number of rotatable bonds is 3. The lowest BCUT2D eigenvalue weighted by Gasteiger charge is -2.13. The second-order valence-corrected chi connectivity index (χ2v) is 1.81. The van der Waals surface area contributed by atoms with Crippen LogP contribution in [0.2, 0.25) is 0 Å². The monoisotopic (exact) mass is 183 g/mol. The van der Waals surface area contributed by atoms with E-state index in [2.05, 4.69) is 6.42 Å². The number of nitrogens with one attached hydrogen (secondary N) is 1. The summed E-state index contributed by atoms with van der Waals surface area (Å²) in [5.41, 5.74) is 0. The lowest BCUT2D eigenvalue weighted by Crippen LogP contribution is -2.45. The minimum atomic E-state index is -4.67. The van der Waals surface area contributed by atoms with Crippen LogP contribution in [0.15, 0.2) is 0 Å². The van der Waals surface area contributed by atoms with Gasteiger partial charge in [0, 0.05) is 0 Å². The van der Waals surface area contributed by atoms with Gasteiger partial charge in [-0.25, -0.2) is 8.78 Å². The fourth-order valence-corrected chi connectivity index (χ4v) is 0.348. The Balaban J connectivity index is 4.18. The molecule has 0 fully saturated rings. The Kier molecular flexibility index (Phi) is 3.54. The molecule has 68 valence electrons. The second kappa shape index (κ2) is 3.95. The third-order valence-electron chi connectivity index (χ3n) is 0.928. The summed E-state index contributed by atoms with van der Waals surface area (Å²) in [4.78, 5) is 10.2. The largest absolute Gasteiger partial charge is 0.383 e. The van der Waals surface area contributed by atoms with Gasteiger partial charge in [0.05, 0.1) is 6.54 Å². The van der Waals surface area contributed by atoms with Crippen molar-refractivity contribution in [1.29, 1.82) is 0 Å². The lowest BCUT2D eigenvalue weighted by atomic mass is 10.3. The Hall–Kier alpha value is -1.25. The van der Waals surface area contributed by atoms with E-state index < -0.39 is 24.8 Å². The van der Waals surface area contributed by atoms with E-state index >= 15 is 0 Å². The maximum atomic E-state index is 12.0. The van der Waals surface area contributed by atoms with Crippen molar-refractivity contribution >= 4 is 5.91 Å². The molecule has 1 N–H and O–H groups in total. The third kappa shape index (κ3) is 2.42. The average Bonchev–Trinajstić information content (AvgIpc) is 1.99. The molecule has 0 bridgehead atoms. The van der Waals surface area contributed by atoms with Crippen molar-refractivity contribution < 1.29 is 22.4 Å². The molecule has 0 aromatic rings. The molecule has 2 nitrogen and oxygen atoms in total. The highest BCUT2D eigenvalue weighted by Gasteiger charge is 2.48. The Morgan fingerprint density at radius 2 is 2.08 bits per heavy atom. The zero-order chi connectivity index (χ0) is 9.78. The Labute approximate surface area is 65.9 Å². The first-order valence-electron chi connectivity index (χ1n) is 2.80. The van der Waals surface area contributed by atoms with Gasteiger partial charge in [-0.1, -0.05) is 5.92 Å². The first kappa shape index (κ1) is 10.8. The molecule has 0 atom stereocenters. The summed E-state index contributed by atoms with van der Waals surface area (Å²) >= 11 is 0. The number of terminal acetylenes is 1. The van der Waals surface area contributed by atoms with E-state index in [-0.39, 0.29) is 0 Å². The molecule has 0 aliphatic rings. The SMILES string of the molecule is C#CCNC(=O)C(F)(F)C(F)F. The van der Waals surface area contributed by atoms with Gasteiger partial charge in [-0.2, -0.15) is 8.78 Å². The molecule has 0 aromatic heterocycles. The summed E-state index contributed by atoms with van der Waals surface area (Å²) in [6.45, 7) is -0.499. The van der Waals surface area contributed by atoms with Crippen LogP contribution >= 0.6 is 0 Å². The molecular formula is C6H5F4NO. The zero-order valence-electron chi connectivity index (χ0n) is 5.78. The summed E-state index contributed by atoms with van der Waals surface area (Å²) in [7, 11) is 0. The van der Waals surface area contributed by atoms with Gasteiger partial charge >= 0.3 is 12.3 Å². The van der Waals surface area contributed by atoms with Crippen molar-refractivity contribution in [2.75, 3.05) is 6.54 Å². The van der Waals surface area contributed by atoms with Crippen LogP contribution in [0.25, 0.3) is 0 Å². The quantitative estimate of drug-likeness (QED) is 0.504. The molecule has 0 rings (SSSR count). The van der Waals surface area contributed by atoms with Crippen LogP contribution in [0.5, 0.6) is 0 Å². The van der Waals surface area contributed by atoms with E-state index in [0.29, 0.717) is 0 Å². The first-order chi connectivity index (χ1) is 5.42. The Bertz CT molecular complexity index is 208. The predicted octanol–water partition coefficient (Wildman–Crippen LogP) is 0.636. The minimum Gasteiger partial charge on any atom is -0.340 e. The van der Waals surface area contributed by atoms with E-state index in [1.165, 1.54) is 5.32 Å². The fourth-order valence-electron chi connectivity index (χ4n) is 0.348. The van der Waals surface area contributed by atoms with Crippen LogP contribution in [-0.4, -0.2) is 24.8 Å². The van der Waals surface area contributed by atoms with E-state index in [1.54, 1.807) is 5.92 Å². The molecule has 0 aliphatic heterocycles. The maximum absolute atomic E-state index is 12.0. The third-order valence-corrected chi connectivity index (χ3v) is 0.928. The first-order valence-corrected chi connectivity index (χ1v) is 2.80. The summed E-state index contributed by atoms with van der Waals surface area (Å²) in [6, 6.07) is 0. The fraction of sp³-hybridized carbons (Fsp3) is 0.500. The van der Waals surface area contributed by atoms with Gasteiger partial charge in [0.15, 0.2) is 0 Å². The number of amides is 1. The van der Waals surface area contributed by atoms with Crippen LogP contribution in [-0.2, 0) is 4.79 Å². The summed E-state index contributed by atoms with van der Waals surface area (Å²) in [5.74, 6) is -4.93. The second-order valence-electron chi connectivity index (χ2n) is 1.81. The van der Waals surface area contributed by atoms with Crippen LogP contribution in [0.1, 0.15) is 0 Å². The van der Waals surface area contributed by atoms with Crippen LogP contribution in [0.4, 0.5) is 17.6 Å². The van der Waals surface area contributed by atoms with Crippen LogP contribution < -0.4 is 5.32 Å². The standard InChI is InChI=1S/C6H5F4NO/c1-2-3-11-5(12)6(9,10)4(7)8/h1,4H,3H2,(H,11,12). The van der Waals surface area contributed by atoms with Gasteiger partial charge < -0.3 is 5.32 Å². The highest BCUT2D eigenvalue weighted by atomic mass is 19.3. The molecule has 12 heavy (non-hydrogen) atoms. The van der Waals surface area contributed by atoms with Gasteiger partial charge in [0.1, 0.15) is 0 Å². The van der Waals surface area contributed by atoms with Gasteiger partial charge in [-0.3, -0.25) is 4.79 Å². The minimum absolute atomic E-state index is 0.499. The average molecular weight is 183 g/mol. The summed E-state index contributed by atoms with van der Waals surface area (Å²) in [6.07, 6.45) is 0.581. The van der Waals surface area contributed by atoms with Gasteiger partial charge in [0.2, 0.25) is 0 Å². The van der Waals surface area contributed by atoms with Crippen molar-refractivity contribution in [3.8, 4) is 12.3 Å². The molecule has 1 amide bonds. The molecule has 0 heterocycles. The maximum Gasteiger partial charge on any atom is 0.383 e. The van der Waals surface area contributed by atoms with Crippen LogP contribution in [0.3, 0.4) is 0 Å². The topological polar surface area (TPSA) is 29.1 Å². The number of halogens is 4. The summed E-state index contributed by atoms with van der Waals surface area (Å²) in [5, 5.41) is 1.45. The summed E-state index contributed by atoms with van der Waals surface area (Å²) < 4.78 is 46.9. The van der Waals surface area contributed by atoms with Crippen molar-refractivity contribution in [2.45, 2.75) is 12.3 Å². The van der Waals surface area contributed by atoms with E-state index in [1.807, 2.05) is 0 Å². The number of hydrogen-bond donors (Lipinski definition) is 1. The van der Waals surface area contributed by atoms with Crippen molar-refractivity contribution in [3.63, 3.8) is 0 Å². The van der Waals surface area contributed by atoms with Crippen molar-refractivity contribution in [3.05, 3.63) is 0 Å². The zero-order valence-corrected chi connectivity index (χ0v) is 5.78. The molecular weight excluding hydrogens is 178 g/mol. The highest BCUT2D eigenvalue weighted by molar-refractivity contribution is 5.83. The number of alkyl halides is 4. The molecule has 0 spiro atoms. The normalized spacial score (nSPS) is 11.0. The molecule has 6 heteroatoms. The van der Waals surface area contributed by atoms with Crippen LogP contribution in [0, 0.1) is 12.3 Å². The molecule has 0 aliphatic carbocycles.